The molecule has 24 heavy (non-hydrogen) atoms. The standard InChI is InChI=1S/C10H10Br2.C9H7F3/c1-2-8-3-5-9(6-4-8)10(12)7-11;10-9(11,12)7-6-8-4-2-1-3-5-8/h2-6,10H,1,7H2;1-7H. The highest BCUT2D eigenvalue weighted by Crippen LogP contribution is 2.24. The lowest BCUT2D eigenvalue weighted by atomic mass is 10.1. The topological polar surface area (TPSA) is 0 Å². The van der Waals surface area contributed by atoms with Gasteiger partial charge in [-0.15, -0.1) is 0 Å². The van der Waals surface area contributed by atoms with E-state index in [1.54, 1.807) is 30.3 Å². The summed E-state index contributed by atoms with van der Waals surface area (Å²) in [6.45, 7) is 3.70. The van der Waals surface area contributed by atoms with E-state index >= 15 is 0 Å². The van der Waals surface area contributed by atoms with E-state index in [-0.39, 0.29) is 6.08 Å². The number of hydrogen-bond acceptors (Lipinski definition) is 0. The van der Waals surface area contributed by atoms with Gasteiger partial charge < -0.3 is 0 Å². The Kier molecular flexibility index (Phi) is 9.08. The molecule has 1 unspecified atom stereocenters. The summed E-state index contributed by atoms with van der Waals surface area (Å²) in [6, 6.07) is 16.7. The summed E-state index contributed by atoms with van der Waals surface area (Å²) < 4.78 is 35.0. The fraction of sp³-hybridized carbons (Fsp3) is 0.158. The van der Waals surface area contributed by atoms with Gasteiger partial charge in [0.1, 0.15) is 0 Å². The second-order valence-electron chi connectivity index (χ2n) is 4.78. The molecule has 0 saturated heterocycles. The molecule has 0 aromatic heterocycles. The molecule has 0 aliphatic heterocycles. The van der Waals surface area contributed by atoms with Crippen molar-refractivity contribution in [2.45, 2.75) is 11.0 Å². The van der Waals surface area contributed by atoms with E-state index < -0.39 is 6.18 Å². The molecule has 0 amide bonds. The average Bonchev–Trinajstić information content (AvgIpc) is 2.60. The molecular formula is C19H17Br2F3. The van der Waals surface area contributed by atoms with Crippen LogP contribution in [0.3, 0.4) is 0 Å². The van der Waals surface area contributed by atoms with E-state index in [9.17, 15) is 13.2 Å². The van der Waals surface area contributed by atoms with Crippen molar-refractivity contribution in [3.63, 3.8) is 0 Å². The quantitative estimate of drug-likeness (QED) is 0.415. The summed E-state index contributed by atoms with van der Waals surface area (Å²) in [7, 11) is 0. The van der Waals surface area contributed by atoms with Crippen LogP contribution in [0.25, 0.3) is 12.2 Å². The van der Waals surface area contributed by atoms with Crippen LogP contribution in [0.2, 0.25) is 0 Å². The maximum atomic E-state index is 11.7. The predicted octanol–water partition coefficient (Wildman–Crippen LogP) is 7.42. The van der Waals surface area contributed by atoms with Crippen molar-refractivity contribution in [2.24, 2.45) is 0 Å². The van der Waals surface area contributed by atoms with E-state index in [1.165, 1.54) is 5.56 Å². The Bertz CT molecular complexity index is 632. The van der Waals surface area contributed by atoms with Gasteiger partial charge in [-0.3, -0.25) is 0 Å². The second kappa shape index (κ2) is 10.5. The lowest BCUT2D eigenvalue weighted by molar-refractivity contribution is -0.0790. The maximum absolute atomic E-state index is 11.7. The molecule has 2 rings (SSSR count). The summed E-state index contributed by atoms with van der Waals surface area (Å²) >= 11 is 6.98. The molecule has 5 heteroatoms. The van der Waals surface area contributed by atoms with Crippen LogP contribution in [0.1, 0.15) is 21.5 Å². The molecule has 1 atom stereocenters. The average molecular weight is 462 g/mol. The van der Waals surface area contributed by atoms with Crippen LogP contribution in [-0.4, -0.2) is 11.5 Å². The molecule has 0 fully saturated rings. The van der Waals surface area contributed by atoms with E-state index in [4.69, 9.17) is 0 Å². The molecule has 2 aromatic rings. The Labute approximate surface area is 157 Å². The normalized spacial score (nSPS) is 12.4. The van der Waals surface area contributed by atoms with Gasteiger partial charge in [0.05, 0.1) is 0 Å². The first-order valence-corrected chi connectivity index (χ1v) is 9.13. The summed E-state index contributed by atoms with van der Waals surface area (Å²) in [4.78, 5) is 0.399. The highest BCUT2D eigenvalue weighted by Gasteiger charge is 2.21. The minimum atomic E-state index is -4.23. The number of halogens is 5. The van der Waals surface area contributed by atoms with Crippen molar-refractivity contribution < 1.29 is 13.2 Å². The molecule has 128 valence electrons. The molecule has 0 nitrogen and oxygen atoms in total. The van der Waals surface area contributed by atoms with Crippen LogP contribution < -0.4 is 0 Å². The zero-order valence-electron chi connectivity index (χ0n) is 12.8. The Morgan fingerprint density at radius 2 is 1.54 bits per heavy atom. The van der Waals surface area contributed by atoms with Gasteiger partial charge in [-0.1, -0.05) is 105 Å². The predicted molar refractivity (Wildman–Crippen MR) is 104 cm³/mol. The van der Waals surface area contributed by atoms with Crippen molar-refractivity contribution in [1.82, 2.24) is 0 Å². The van der Waals surface area contributed by atoms with Gasteiger partial charge in [-0.05, 0) is 16.7 Å². The SMILES string of the molecule is C=Cc1ccc(C(Br)CBr)cc1.FC(F)(F)C=Cc1ccccc1. The highest BCUT2D eigenvalue weighted by atomic mass is 79.9. The van der Waals surface area contributed by atoms with Crippen LogP contribution >= 0.6 is 31.9 Å². The molecule has 0 bridgehead atoms. The lowest BCUT2D eigenvalue weighted by Gasteiger charge is -2.05. The third kappa shape index (κ3) is 8.50. The van der Waals surface area contributed by atoms with Crippen molar-refractivity contribution >= 4 is 44.0 Å². The smallest absolute Gasteiger partial charge is 0.167 e. The lowest BCUT2D eigenvalue weighted by Crippen LogP contribution is -1.99. The van der Waals surface area contributed by atoms with Gasteiger partial charge in [-0.25, -0.2) is 0 Å². The van der Waals surface area contributed by atoms with E-state index in [1.807, 2.05) is 6.08 Å². The van der Waals surface area contributed by atoms with Crippen molar-refractivity contribution in [3.8, 4) is 0 Å². The molecule has 2 aromatic carbocycles. The van der Waals surface area contributed by atoms with Crippen molar-refractivity contribution in [3.05, 3.63) is 83.9 Å². The van der Waals surface area contributed by atoms with Crippen LogP contribution in [0.5, 0.6) is 0 Å². The Morgan fingerprint density at radius 1 is 0.958 bits per heavy atom. The first kappa shape index (κ1) is 20.7. The van der Waals surface area contributed by atoms with E-state index in [0.29, 0.717) is 10.4 Å². The third-order valence-corrected chi connectivity index (χ3v) is 5.30. The second-order valence-corrected chi connectivity index (χ2v) is 6.53. The molecule has 0 radical (unpaired) electrons. The molecule has 0 aliphatic carbocycles. The van der Waals surface area contributed by atoms with Crippen LogP contribution in [0.15, 0.2) is 67.3 Å². The van der Waals surface area contributed by atoms with Gasteiger partial charge in [0.25, 0.3) is 0 Å². The molecule has 0 saturated carbocycles. The number of alkyl halides is 5. The number of hydrogen-bond donors (Lipinski definition) is 0. The molecule has 0 aliphatic rings. The largest absolute Gasteiger partial charge is 0.409 e. The summed E-state index contributed by atoms with van der Waals surface area (Å²) in [5, 5.41) is 0.931. The van der Waals surface area contributed by atoms with Gasteiger partial charge in [0.15, 0.2) is 0 Å². The minimum Gasteiger partial charge on any atom is -0.167 e. The van der Waals surface area contributed by atoms with Crippen molar-refractivity contribution in [2.75, 3.05) is 5.33 Å². The molecular weight excluding hydrogens is 445 g/mol. The van der Waals surface area contributed by atoms with E-state index in [0.717, 1.165) is 17.0 Å². The Morgan fingerprint density at radius 3 is 2.00 bits per heavy atom. The number of benzene rings is 2. The highest BCUT2D eigenvalue weighted by molar-refractivity contribution is 9.12. The maximum Gasteiger partial charge on any atom is 0.409 e. The summed E-state index contributed by atoms with van der Waals surface area (Å²) in [5.41, 5.74) is 3.00. The fourth-order valence-corrected chi connectivity index (χ4v) is 2.36. The number of rotatable bonds is 4. The van der Waals surface area contributed by atoms with Gasteiger partial charge in [0.2, 0.25) is 0 Å². The van der Waals surface area contributed by atoms with Gasteiger partial charge >= 0.3 is 6.18 Å². The van der Waals surface area contributed by atoms with Crippen LogP contribution in [-0.2, 0) is 0 Å². The summed E-state index contributed by atoms with van der Waals surface area (Å²) in [5.74, 6) is 0. The van der Waals surface area contributed by atoms with Gasteiger partial charge in [0, 0.05) is 16.2 Å². The van der Waals surface area contributed by atoms with Crippen molar-refractivity contribution in [1.29, 1.82) is 0 Å². The molecule has 0 spiro atoms. The Balaban J connectivity index is 0.000000240. The molecule has 0 heterocycles. The monoisotopic (exact) mass is 460 g/mol. The fourth-order valence-electron chi connectivity index (χ4n) is 1.68. The van der Waals surface area contributed by atoms with Crippen LogP contribution in [0.4, 0.5) is 13.2 Å². The third-order valence-electron chi connectivity index (χ3n) is 2.93. The van der Waals surface area contributed by atoms with Crippen LogP contribution in [0, 0.1) is 0 Å². The summed E-state index contributed by atoms with van der Waals surface area (Å²) in [6.07, 6.45) is -1.11. The minimum absolute atomic E-state index is 0.225. The zero-order chi connectivity index (χ0) is 18.0. The Hall–Kier alpha value is -1.33. The zero-order valence-corrected chi connectivity index (χ0v) is 16.0. The van der Waals surface area contributed by atoms with E-state index in [2.05, 4.69) is 62.7 Å². The first-order valence-electron chi connectivity index (χ1n) is 7.09. The number of allylic oxidation sites excluding steroid dienone is 1. The first-order chi connectivity index (χ1) is 11.4. The molecule has 0 N–H and O–H groups in total. The van der Waals surface area contributed by atoms with Gasteiger partial charge in [-0.2, -0.15) is 13.2 Å².